The Bertz CT molecular complexity index is 510. The molecule has 0 heterocycles. The van der Waals surface area contributed by atoms with Crippen LogP contribution in [0, 0.1) is 5.82 Å². The van der Waals surface area contributed by atoms with E-state index in [2.05, 4.69) is 9.05 Å². The number of halogens is 4. The second kappa shape index (κ2) is 6.44. The summed E-state index contributed by atoms with van der Waals surface area (Å²) in [4.78, 5) is 17.1. The van der Waals surface area contributed by atoms with E-state index in [-0.39, 0.29) is 6.07 Å². The molecule has 0 aliphatic rings. The number of hydrogen-bond acceptors (Lipinski definition) is 5. The highest BCUT2D eigenvalue weighted by molar-refractivity contribution is 7.32. The van der Waals surface area contributed by atoms with Crippen LogP contribution in [0.3, 0.4) is 0 Å². The first-order chi connectivity index (χ1) is 9.10. The minimum Gasteiger partial charge on any atom is -0.352 e. The van der Waals surface area contributed by atoms with E-state index in [1.54, 1.807) is 0 Å². The van der Waals surface area contributed by atoms with Crippen LogP contribution >= 0.6 is 17.3 Å². The summed E-state index contributed by atoms with van der Waals surface area (Å²) in [6.07, 6.45) is -4.82. The van der Waals surface area contributed by atoms with Crippen LogP contribution in [0.1, 0.15) is 11.1 Å². The molecule has 0 fully saturated rings. The molecule has 0 radical (unpaired) electrons. The van der Waals surface area contributed by atoms with Gasteiger partial charge in [-0.3, -0.25) is 9.09 Å². The maximum absolute atomic E-state index is 13.6. The maximum atomic E-state index is 13.6. The van der Waals surface area contributed by atoms with E-state index in [0.29, 0.717) is 12.1 Å². The van der Waals surface area contributed by atoms with Crippen LogP contribution in [0.2, 0.25) is 0 Å². The zero-order valence-corrected chi connectivity index (χ0v) is 11.3. The van der Waals surface area contributed by atoms with Crippen molar-refractivity contribution < 1.29 is 46.1 Å². The van der Waals surface area contributed by atoms with Crippen molar-refractivity contribution in [1.82, 2.24) is 0 Å². The van der Waals surface area contributed by atoms with Crippen LogP contribution in [0.5, 0.6) is 0 Å². The Kier molecular flexibility index (Phi) is 5.62. The molecule has 0 aromatic heterocycles. The van der Waals surface area contributed by atoms with Gasteiger partial charge in [0.1, 0.15) is 5.82 Å². The van der Waals surface area contributed by atoms with Gasteiger partial charge in [0.15, 0.2) is 9.03 Å². The number of benzene rings is 1. The van der Waals surface area contributed by atoms with E-state index in [1.807, 2.05) is 0 Å². The summed E-state index contributed by atoms with van der Waals surface area (Å²) in [5.74, 6) is -4.77. The summed E-state index contributed by atoms with van der Waals surface area (Å²) < 4.78 is 69.4. The van der Waals surface area contributed by atoms with Gasteiger partial charge >= 0.3 is 20.4 Å². The summed E-state index contributed by atoms with van der Waals surface area (Å²) >= 11 is 0. The van der Waals surface area contributed by atoms with Crippen molar-refractivity contribution in [3.8, 4) is 0 Å². The van der Waals surface area contributed by atoms with Crippen LogP contribution in [0.25, 0.3) is 0 Å². The van der Waals surface area contributed by atoms with Crippen molar-refractivity contribution in [1.29, 1.82) is 0 Å². The molecule has 20 heavy (non-hydrogen) atoms. The van der Waals surface area contributed by atoms with Gasteiger partial charge < -0.3 is 14.9 Å². The molecule has 1 rings (SSSR count). The van der Waals surface area contributed by atoms with E-state index in [1.165, 1.54) is 0 Å². The number of hydrogen-bond donors (Lipinski definition) is 3. The summed E-state index contributed by atoms with van der Waals surface area (Å²) in [5.41, 5.74) is -2.33. The maximum Gasteiger partial charge on any atom is 0.416 e. The fourth-order valence-electron chi connectivity index (χ4n) is 1.26. The van der Waals surface area contributed by atoms with Crippen LogP contribution in [0.4, 0.5) is 17.6 Å². The molecule has 114 valence electrons. The molecule has 0 amide bonds. The van der Waals surface area contributed by atoms with Crippen LogP contribution < -0.4 is 0 Å². The number of alkyl halides is 3. The quantitative estimate of drug-likeness (QED) is 0.431. The molecule has 3 unspecified atom stereocenters. The number of rotatable bonds is 5. The van der Waals surface area contributed by atoms with Crippen LogP contribution in [-0.4, -0.2) is 14.9 Å². The lowest BCUT2D eigenvalue weighted by Gasteiger charge is -2.25. The Hall–Kier alpha value is -0.600. The zero-order chi connectivity index (χ0) is 15.6. The summed E-state index contributed by atoms with van der Waals surface area (Å²) in [6, 6.07) is 0.913. The lowest BCUT2D eigenvalue weighted by molar-refractivity contribution is -0.283. The molecule has 1 aromatic carbocycles. The van der Waals surface area contributed by atoms with E-state index in [9.17, 15) is 27.2 Å². The zero-order valence-electron chi connectivity index (χ0n) is 9.31. The largest absolute Gasteiger partial charge is 0.416 e. The van der Waals surface area contributed by atoms with Crippen molar-refractivity contribution in [2.75, 3.05) is 0 Å². The van der Waals surface area contributed by atoms with E-state index < -0.39 is 46.4 Å². The van der Waals surface area contributed by atoms with Crippen molar-refractivity contribution in [3.05, 3.63) is 35.1 Å². The third kappa shape index (κ3) is 4.20. The Morgan fingerprint density at radius 3 is 2.30 bits per heavy atom. The first-order valence-electron chi connectivity index (χ1n) is 4.69. The first-order valence-corrected chi connectivity index (χ1v) is 6.80. The molecule has 0 spiro atoms. The van der Waals surface area contributed by atoms with Gasteiger partial charge in [0.2, 0.25) is 0 Å². The minimum absolute atomic E-state index is 0.0437. The van der Waals surface area contributed by atoms with Gasteiger partial charge in [0.05, 0.1) is 11.1 Å². The topological polar surface area (TPSA) is 96.2 Å². The molecule has 0 saturated heterocycles. The highest BCUT2D eigenvalue weighted by Crippen LogP contribution is 2.40. The first kappa shape index (κ1) is 17.5. The normalized spacial score (nSPS) is 17.4. The third-order valence-electron chi connectivity index (χ3n) is 2.05. The fraction of sp³-hybridized carbons (Fsp3) is 0.250. The molecule has 0 saturated carbocycles. The Labute approximate surface area is 111 Å². The van der Waals surface area contributed by atoms with E-state index >= 15 is 0 Å². The fourth-order valence-corrected chi connectivity index (χ4v) is 2.01. The lowest BCUT2D eigenvalue weighted by atomic mass is 10.1. The van der Waals surface area contributed by atoms with Crippen molar-refractivity contribution >= 4 is 17.3 Å². The summed E-state index contributed by atoms with van der Waals surface area (Å²) in [5, 5.41) is 9.67. The minimum atomic E-state index is -4.82. The van der Waals surface area contributed by atoms with Gasteiger partial charge in [0.25, 0.3) is 0 Å². The molecule has 0 bridgehead atoms. The van der Waals surface area contributed by atoms with Crippen molar-refractivity contribution in [3.63, 3.8) is 0 Å². The van der Waals surface area contributed by atoms with Gasteiger partial charge in [-0.05, 0) is 18.2 Å². The summed E-state index contributed by atoms with van der Waals surface area (Å²) in [7, 11) is -5.32. The molecule has 3 N–H and O–H groups in total. The predicted molar refractivity (Wildman–Crippen MR) is 59.2 cm³/mol. The Balaban J connectivity index is 3.25. The second-order valence-corrected chi connectivity index (χ2v) is 4.46. The summed E-state index contributed by atoms with van der Waals surface area (Å²) in [6.45, 7) is 0. The highest BCUT2D eigenvalue weighted by atomic mass is 31.1. The standard InChI is InChI=1S/C8H8F4O6P2/c9-6-3-4(7(10,11)12)1-2-5(6)8(13,17-19-14)18-20(15)16/h1-3,13-14,19-20H,(H,15,16). The lowest BCUT2D eigenvalue weighted by Crippen LogP contribution is -2.29. The average molecular weight is 338 g/mol. The van der Waals surface area contributed by atoms with Gasteiger partial charge in [-0.25, -0.2) is 8.91 Å². The average Bonchev–Trinajstić information content (AvgIpc) is 2.26. The smallest absolute Gasteiger partial charge is 0.352 e. The molecule has 3 atom stereocenters. The Morgan fingerprint density at radius 2 is 1.90 bits per heavy atom. The third-order valence-corrected chi connectivity index (χ3v) is 2.87. The van der Waals surface area contributed by atoms with Gasteiger partial charge in [-0.2, -0.15) is 13.2 Å². The highest BCUT2D eigenvalue weighted by Gasteiger charge is 2.39. The van der Waals surface area contributed by atoms with Crippen LogP contribution in [0.15, 0.2) is 18.2 Å². The molecule has 0 aliphatic heterocycles. The van der Waals surface area contributed by atoms with Crippen molar-refractivity contribution in [2.24, 2.45) is 0 Å². The van der Waals surface area contributed by atoms with Gasteiger partial charge in [0, 0.05) is 0 Å². The molecule has 12 heteroatoms. The van der Waals surface area contributed by atoms with Crippen LogP contribution in [-0.2, 0) is 25.8 Å². The second-order valence-electron chi connectivity index (χ2n) is 3.34. The Morgan fingerprint density at radius 1 is 1.30 bits per heavy atom. The number of aliphatic hydroxyl groups is 1. The van der Waals surface area contributed by atoms with Crippen molar-refractivity contribution in [2.45, 2.75) is 12.1 Å². The monoisotopic (exact) mass is 338 g/mol. The van der Waals surface area contributed by atoms with Gasteiger partial charge in [-0.15, -0.1) is 0 Å². The molecular weight excluding hydrogens is 330 g/mol. The predicted octanol–water partition coefficient (Wildman–Crippen LogP) is 1.86. The molecule has 6 nitrogen and oxygen atoms in total. The molecule has 0 aliphatic carbocycles. The SMILES string of the molecule is O=[PH](O)OC(O)(OPO)c1ccc(C(F)(F)F)cc1F. The molecular formula is C8H8F4O6P2. The van der Waals surface area contributed by atoms with E-state index in [0.717, 1.165) is 0 Å². The van der Waals surface area contributed by atoms with E-state index in [4.69, 9.17) is 9.79 Å². The molecule has 1 aromatic rings. The van der Waals surface area contributed by atoms with Gasteiger partial charge in [-0.1, -0.05) is 0 Å².